The second-order valence-corrected chi connectivity index (χ2v) is 4.98. The zero-order chi connectivity index (χ0) is 15.1. The Labute approximate surface area is 120 Å². The van der Waals surface area contributed by atoms with Crippen LogP contribution in [0, 0.1) is 13.8 Å². The molecular formula is C16H13NO4. The minimum absolute atomic E-state index is 0.0244. The summed E-state index contributed by atoms with van der Waals surface area (Å²) in [6, 6.07) is 6.82. The van der Waals surface area contributed by atoms with Gasteiger partial charge in [-0.1, -0.05) is 0 Å². The van der Waals surface area contributed by atoms with Gasteiger partial charge in [0.05, 0.1) is 5.56 Å². The number of fused-ring (bicyclic) bond motifs is 1. The van der Waals surface area contributed by atoms with Crippen LogP contribution in [0.2, 0.25) is 0 Å². The quantitative estimate of drug-likeness (QED) is 0.748. The Morgan fingerprint density at radius 1 is 1.00 bits per heavy atom. The minimum atomic E-state index is -0.645. The number of nitrogens with two attached hydrogens (primary N) is 1. The number of carbonyl (C=O) groups is 2. The topological polar surface area (TPSA) is 86.4 Å². The number of carbonyl (C=O) groups excluding carboxylic acids is 2. The van der Waals surface area contributed by atoms with E-state index in [1.54, 1.807) is 6.07 Å². The highest BCUT2D eigenvalue weighted by Crippen LogP contribution is 2.25. The van der Waals surface area contributed by atoms with Crippen LogP contribution in [0.25, 0.3) is 11.0 Å². The van der Waals surface area contributed by atoms with E-state index < -0.39 is 11.7 Å². The fraction of sp³-hybridized carbons (Fsp3) is 0.125. The van der Waals surface area contributed by atoms with E-state index in [2.05, 4.69) is 0 Å². The molecule has 0 radical (unpaired) electrons. The average Bonchev–Trinajstić information content (AvgIpc) is 3.05. The third kappa shape index (κ3) is 2.23. The second kappa shape index (κ2) is 4.63. The maximum Gasteiger partial charge on any atom is 0.263 e. The van der Waals surface area contributed by atoms with E-state index in [9.17, 15) is 9.59 Å². The molecule has 0 aliphatic carbocycles. The molecule has 0 aliphatic heterocycles. The van der Waals surface area contributed by atoms with Crippen LogP contribution in [0.3, 0.4) is 0 Å². The third-order valence-corrected chi connectivity index (χ3v) is 3.46. The molecule has 2 N–H and O–H groups in total. The van der Waals surface area contributed by atoms with Crippen LogP contribution in [0.1, 0.15) is 37.8 Å². The van der Waals surface area contributed by atoms with Gasteiger partial charge in [0.25, 0.3) is 11.7 Å². The fourth-order valence-electron chi connectivity index (χ4n) is 2.12. The lowest BCUT2D eigenvalue weighted by Crippen LogP contribution is -2.09. The van der Waals surface area contributed by atoms with Gasteiger partial charge in [0.1, 0.15) is 11.8 Å². The first-order valence-corrected chi connectivity index (χ1v) is 6.39. The Bertz CT molecular complexity index is 831. The highest BCUT2D eigenvalue weighted by Gasteiger charge is 2.19. The molecule has 5 heteroatoms. The van der Waals surface area contributed by atoms with E-state index in [1.165, 1.54) is 6.07 Å². The van der Waals surface area contributed by atoms with Crippen LogP contribution in [0.4, 0.5) is 0 Å². The largest absolute Gasteiger partial charge is 0.460 e. The van der Waals surface area contributed by atoms with Crippen molar-refractivity contribution < 1.29 is 18.4 Å². The number of benzene rings is 1. The van der Waals surface area contributed by atoms with Gasteiger partial charge in [0.2, 0.25) is 0 Å². The number of hydrogen-bond donors (Lipinski definition) is 1. The van der Waals surface area contributed by atoms with Gasteiger partial charge in [0.15, 0.2) is 11.5 Å². The van der Waals surface area contributed by atoms with Gasteiger partial charge < -0.3 is 14.6 Å². The number of primary amides is 1. The van der Waals surface area contributed by atoms with E-state index >= 15 is 0 Å². The summed E-state index contributed by atoms with van der Waals surface area (Å²) in [5.41, 5.74) is 8.13. The van der Waals surface area contributed by atoms with Gasteiger partial charge >= 0.3 is 0 Å². The number of aryl methyl sites for hydroxylation is 2. The van der Waals surface area contributed by atoms with Gasteiger partial charge in [-0.05, 0) is 43.2 Å². The maximum absolute atomic E-state index is 12.3. The standard InChI is InChI=1S/C16H13NO4/c1-8-3-10-5-14(21-12(10)4-9(8)2)15(18)13-6-11(7-20-13)16(17)19/h3-7H,1-2H3,(H2,17,19). The summed E-state index contributed by atoms with van der Waals surface area (Å²) in [6.07, 6.45) is 1.16. The van der Waals surface area contributed by atoms with Crippen LogP contribution in [-0.4, -0.2) is 11.7 Å². The summed E-state index contributed by atoms with van der Waals surface area (Å²) < 4.78 is 10.6. The van der Waals surface area contributed by atoms with E-state index in [1.807, 2.05) is 26.0 Å². The molecule has 1 aromatic carbocycles. The molecule has 0 atom stereocenters. The SMILES string of the molecule is Cc1cc2cc(C(=O)c3cc(C(N)=O)co3)oc2cc1C. The van der Waals surface area contributed by atoms with E-state index in [4.69, 9.17) is 14.6 Å². The van der Waals surface area contributed by atoms with Gasteiger partial charge in [-0.3, -0.25) is 9.59 Å². The zero-order valence-corrected chi connectivity index (χ0v) is 11.6. The molecule has 0 spiro atoms. The molecule has 2 aromatic heterocycles. The van der Waals surface area contributed by atoms with Gasteiger partial charge in [-0.2, -0.15) is 0 Å². The van der Waals surface area contributed by atoms with Crippen LogP contribution in [-0.2, 0) is 0 Å². The molecule has 1 amide bonds. The van der Waals surface area contributed by atoms with Crippen molar-refractivity contribution in [2.24, 2.45) is 5.73 Å². The van der Waals surface area contributed by atoms with Gasteiger partial charge in [-0.15, -0.1) is 0 Å². The monoisotopic (exact) mass is 283 g/mol. The van der Waals surface area contributed by atoms with Crippen molar-refractivity contribution in [3.63, 3.8) is 0 Å². The predicted octanol–water partition coefficient (Wildman–Crippen LogP) is 2.97. The molecule has 0 saturated heterocycles. The lowest BCUT2D eigenvalue weighted by molar-refractivity contribution is 0.0982. The summed E-state index contributed by atoms with van der Waals surface area (Å²) in [5, 5.41) is 0.850. The average molecular weight is 283 g/mol. The molecule has 106 valence electrons. The minimum Gasteiger partial charge on any atom is -0.460 e. The highest BCUT2D eigenvalue weighted by molar-refractivity contribution is 6.08. The van der Waals surface area contributed by atoms with E-state index in [0.717, 1.165) is 22.8 Å². The summed E-state index contributed by atoms with van der Waals surface area (Å²) in [5.74, 6) is -0.876. The molecule has 2 heterocycles. The lowest BCUT2D eigenvalue weighted by atomic mass is 10.1. The van der Waals surface area contributed by atoms with Crippen molar-refractivity contribution in [1.29, 1.82) is 0 Å². The molecule has 0 fully saturated rings. The second-order valence-electron chi connectivity index (χ2n) is 4.98. The lowest BCUT2D eigenvalue weighted by Gasteiger charge is -1.97. The molecule has 3 aromatic rings. The molecule has 0 aliphatic rings. The number of amides is 1. The van der Waals surface area contributed by atoms with Crippen molar-refractivity contribution in [2.75, 3.05) is 0 Å². The first-order valence-electron chi connectivity index (χ1n) is 6.39. The molecule has 5 nitrogen and oxygen atoms in total. The van der Waals surface area contributed by atoms with E-state index in [-0.39, 0.29) is 17.1 Å². The Hall–Kier alpha value is -2.82. The fourth-order valence-corrected chi connectivity index (χ4v) is 2.12. The molecular weight excluding hydrogens is 270 g/mol. The van der Waals surface area contributed by atoms with Crippen molar-refractivity contribution in [1.82, 2.24) is 0 Å². The summed E-state index contributed by atoms with van der Waals surface area (Å²) >= 11 is 0. The Balaban J connectivity index is 2.02. The molecule has 21 heavy (non-hydrogen) atoms. The normalized spacial score (nSPS) is 11.0. The Morgan fingerprint density at radius 3 is 2.38 bits per heavy atom. The van der Waals surface area contributed by atoms with Crippen LogP contribution in [0.15, 0.2) is 39.4 Å². The Kier molecular flexibility index (Phi) is 2.90. The van der Waals surface area contributed by atoms with Crippen LogP contribution in [0.5, 0.6) is 0 Å². The number of hydrogen-bond acceptors (Lipinski definition) is 4. The van der Waals surface area contributed by atoms with Crippen molar-refractivity contribution in [3.8, 4) is 0 Å². The van der Waals surface area contributed by atoms with Crippen molar-refractivity contribution in [3.05, 3.63) is 58.7 Å². The zero-order valence-electron chi connectivity index (χ0n) is 11.6. The highest BCUT2D eigenvalue weighted by atomic mass is 16.4. The van der Waals surface area contributed by atoms with Crippen LogP contribution >= 0.6 is 0 Å². The number of ketones is 1. The summed E-state index contributed by atoms with van der Waals surface area (Å²) in [7, 11) is 0. The van der Waals surface area contributed by atoms with Crippen molar-refractivity contribution in [2.45, 2.75) is 13.8 Å². The molecule has 0 saturated carbocycles. The maximum atomic E-state index is 12.3. The molecule has 0 bridgehead atoms. The first kappa shape index (κ1) is 13.2. The first-order chi connectivity index (χ1) is 9.95. The van der Waals surface area contributed by atoms with Gasteiger partial charge in [0, 0.05) is 11.5 Å². The van der Waals surface area contributed by atoms with E-state index in [0.29, 0.717) is 5.58 Å². The molecule has 3 rings (SSSR count). The van der Waals surface area contributed by atoms with Crippen molar-refractivity contribution >= 4 is 22.7 Å². The summed E-state index contributed by atoms with van der Waals surface area (Å²) in [4.78, 5) is 23.3. The van der Waals surface area contributed by atoms with Gasteiger partial charge in [-0.25, -0.2) is 0 Å². The van der Waals surface area contributed by atoms with Crippen LogP contribution < -0.4 is 5.73 Å². The molecule has 0 unspecified atom stereocenters. The Morgan fingerprint density at radius 2 is 1.71 bits per heavy atom. The smallest absolute Gasteiger partial charge is 0.263 e. The number of rotatable bonds is 3. The summed E-state index contributed by atoms with van der Waals surface area (Å²) in [6.45, 7) is 3.97. The predicted molar refractivity (Wildman–Crippen MR) is 76.3 cm³/mol. The number of furan rings is 2. The third-order valence-electron chi connectivity index (χ3n) is 3.46.